The number of nitrogens with two attached hydrogens (primary N) is 1. The summed E-state index contributed by atoms with van der Waals surface area (Å²) in [7, 11) is 1.92. The third-order valence-corrected chi connectivity index (χ3v) is 2.96. The monoisotopic (exact) mass is 260 g/mol. The molecule has 100 valence electrons. The molecule has 1 heterocycles. The van der Waals surface area contributed by atoms with Gasteiger partial charge in [-0.05, 0) is 42.8 Å². The second kappa shape index (κ2) is 5.75. The molecule has 0 aliphatic carbocycles. The molecule has 1 aromatic carbocycles. The maximum absolute atomic E-state index is 13.2. The van der Waals surface area contributed by atoms with Crippen LogP contribution in [0.2, 0.25) is 0 Å². The third kappa shape index (κ3) is 3.06. The van der Waals surface area contributed by atoms with Crippen molar-refractivity contribution < 1.29 is 4.39 Å². The van der Waals surface area contributed by atoms with Crippen LogP contribution >= 0.6 is 0 Å². The second-order valence-corrected chi connectivity index (χ2v) is 4.45. The molecule has 5 heteroatoms. The predicted octanol–water partition coefficient (Wildman–Crippen LogP) is 1.99. The molecule has 0 spiro atoms. The molecule has 2 aromatic rings. The minimum atomic E-state index is -0.212. The fourth-order valence-corrected chi connectivity index (χ4v) is 1.79. The first kappa shape index (κ1) is 13.4. The Kier molecular flexibility index (Phi) is 4.06. The van der Waals surface area contributed by atoms with E-state index in [9.17, 15) is 4.39 Å². The molecule has 2 rings (SSSR count). The number of aryl methyl sites for hydroxylation is 1. The Balaban J connectivity index is 2.24. The summed E-state index contributed by atoms with van der Waals surface area (Å²) in [6, 6.07) is 8.68. The van der Waals surface area contributed by atoms with Crippen LogP contribution in [0.3, 0.4) is 0 Å². The van der Waals surface area contributed by atoms with E-state index < -0.39 is 0 Å². The average molecular weight is 260 g/mol. The number of hydrogen-bond donors (Lipinski definition) is 1. The summed E-state index contributed by atoms with van der Waals surface area (Å²) in [6.45, 7) is 3.02. The molecule has 2 N–H and O–H groups in total. The van der Waals surface area contributed by atoms with E-state index in [1.54, 1.807) is 19.1 Å². The first-order chi connectivity index (χ1) is 9.11. The first-order valence-corrected chi connectivity index (χ1v) is 6.13. The van der Waals surface area contributed by atoms with E-state index in [0.717, 1.165) is 23.6 Å². The van der Waals surface area contributed by atoms with Gasteiger partial charge >= 0.3 is 0 Å². The quantitative estimate of drug-likeness (QED) is 0.913. The highest BCUT2D eigenvalue weighted by molar-refractivity contribution is 5.60. The Bertz CT molecular complexity index is 554. The Hall–Kier alpha value is -2.01. The SMILES string of the molecule is Cc1cc(-c2ccc(N(C)CCN)nn2)ccc1F. The number of halogens is 1. The highest BCUT2D eigenvalue weighted by atomic mass is 19.1. The fourth-order valence-electron chi connectivity index (χ4n) is 1.79. The number of nitrogens with zero attached hydrogens (tertiary/aromatic N) is 3. The zero-order valence-corrected chi connectivity index (χ0v) is 11.1. The standard InChI is InChI=1S/C14H17FN4/c1-10-9-11(3-4-12(10)15)13-5-6-14(18-17-13)19(2)8-7-16/h3-6,9H,7-8,16H2,1-2H3. The van der Waals surface area contributed by atoms with Crippen molar-refractivity contribution in [3.8, 4) is 11.3 Å². The van der Waals surface area contributed by atoms with E-state index in [-0.39, 0.29) is 5.82 Å². The maximum atomic E-state index is 13.2. The van der Waals surface area contributed by atoms with Gasteiger partial charge in [-0.3, -0.25) is 0 Å². The largest absolute Gasteiger partial charge is 0.357 e. The molecule has 0 unspecified atom stereocenters. The van der Waals surface area contributed by atoms with E-state index in [1.807, 2.05) is 24.1 Å². The van der Waals surface area contributed by atoms with E-state index >= 15 is 0 Å². The summed E-state index contributed by atoms with van der Waals surface area (Å²) in [5, 5.41) is 8.32. The van der Waals surface area contributed by atoms with Crippen molar-refractivity contribution in [2.45, 2.75) is 6.92 Å². The van der Waals surface area contributed by atoms with Gasteiger partial charge in [-0.15, -0.1) is 10.2 Å². The van der Waals surface area contributed by atoms with E-state index in [0.29, 0.717) is 12.1 Å². The van der Waals surface area contributed by atoms with Crippen LogP contribution in [0.15, 0.2) is 30.3 Å². The normalized spacial score (nSPS) is 10.5. The Labute approximate surface area is 112 Å². The van der Waals surface area contributed by atoms with Crippen LogP contribution in [-0.4, -0.2) is 30.3 Å². The molecule has 4 nitrogen and oxygen atoms in total. The summed E-state index contributed by atoms with van der Waals surface area (Å²) in [5.41, 5.74) is 7.68. The number of hydrogen-bond acceptors (Lipinski definition) is 4. The van der Waals surface area contributed by atoms with Crippen molar-refractivity contribution in [1.29, 1.82) is 0 Å². The van der Waals surface area contributed by atoms with Crippen LogP contribution in [-0.2, 0) is 0 Å². The van der Waals surface area contributed by atoms with Gasteiger partial charge in [0.25, 0.3) is 0 Å². The molecule has 0 saturated heterocycles. The third-order valence-electron chi connectivity index (χ3n) is 2.96. The molecular weight excluding hydrogens is 243 g/mol. The van der Waals surface area contributed by atoms with Crippen LogP contribution in [0.5, 0.6) is 0 Å². The number of anilines is 1. The van der Waals surface area contributed by atoms with E-state index in [2.05, 4.69) is 10.2 Å². The fraction of sp³-hybridized carbons (Fsp3) is 0.286. The molecule has 0 saturated carbocycles. The van der Waals surface area contributed by atoms with Gasteiger partial charge in [0, 0.05) is 25.7 Å². The van der Waals surface area contributed by atoms with Gasteiger partial charge in [-0.25, -0.2) is 4.39 Å². The van der Waals surface area contributed by atoms with Crippen LogP contribution < -0.4 is 10.6 Å². The summed E-state index contributed by atoms with van der Waals surface area (Å²) in [4.78, 5) is 1.94. The van der Waals surface area contributed by atoms with Crippen LogP contribution in [0.1, 0.15) is 5.56 Å². The zero-order valence-electron chi connectivity index (χ0n) is 11.1. The Morgan fingerprint density at radius 1 is 1.21 bits per heavy atom. The van der Waals surface area contributed by atoms with Crippen molar-refractivity contribution in [2.24, 2.45) is 5.73 Å². The molecule has 0 atom stereocenters. The van der Waals surface area contributed by atoms with Gasteiger partial charge in [0.2, 0.25) is 0 Å². The minimum absolute atomic E-state index is 0.212. The summed E-state index contributed by atoms with van der Waals surface area (Å²) in [5.74, 6) is 0.559. The number of likely N-dealkylation sites (N-methyl/N-ethyl adjacent to an activating group) is 1. The number of rotatable bonds is 4. The van der Waals surface area contributed by atoms with E-state index in [1.165, 1.54) is 6.07 Å². The van der Waals surface area contributed by atoms with Gasteiger partial charge in [-0.2, -0.15) is 0 Å². The minimum Gasteiger partial charge on any atom is -0.357 e. The summed E-state index contributed by atoms with van der Waals surface area (Å²) >= 11 is 0. The average Bonchev–Trinajstić information content (AvgIpc) is 2.42. The van der Waals surface area contributed by atoms with Crippen molar-refractivity contribution in [2.75, 3.05) is 25.0 Å². The van der Waals surface area contributed by atoms with Gasteiger partial charge in [-0.1, -0.05) is 0 Å². The molecule has 19 heavy (non-hydrogen) atoms. The van der Waals surface area contributed by atoms with Gasteiger partial charge in [0.1, 0.15) is 5.82 Å². The topological polar surface area (TPSA) is 55.0 Å². The number of benzene rings is 1. The smallest absolute Gasteiger partial charge is 0.151 e. The van der Waals surface area contributed by atoms with Crippen LogP contribution in [0, 0.1) is 12.7 Å². The molecule has 0 radical (unpaired) electrons. The highest BCUT2D eigenvalue weighted by Gasteiger charge is 2.06. The summed E-state index contributed by atoms with van der Waals surface area (Å²) in [6.07, 6.45) is 0. The van der Waals surface area contributed by atoms with Crippen molar-refractivity contribution in [3.63, 3.8) is 0 Å². The Morgan fingerprint density at radius 3 is 2.58 bits per heavy atom. The molecule has 0 aliphatic heterocycles. The Morgan fingerprint density at radius 2 is 2.00 bits per heavy atom. The van der Waals surface area contributed by atoms with Crippen LogP contribution in [0.4, 0.5) is 10.2 Å². The van der Waals surface area contributed by atoms with Gasteiger partial charge in [0.15, 0.2) is 5.82 Å². The van der Waals surface area contributed by atoms with Crippen molar-refractivity contribution >= 4 is 5.82 Å². The number of aromatic nitrogens is 2. The van der Waals surface area contributed by atoms with E-state index in [4.69, 9.17) is 5.73 Å². The zero-order chi connectivity index (χ0) is 13.8. The maximum Gasteiger partial charge on any atom is 0.151 e. The van der Waals surface area contributed by atoms with Crippen molar-refractivity contribution in [1.82, 2.24) is 10.2 Å². The molecule has 1 aromatic heterocycles. The molecule has 0 aliphatic rings. The summed E-state index contributed by atoms with van der Waals surface area (Å²) < 4.78 is 13.2. The molecular formula is C14H17FN4. The first-order valence-electron chi connectivity index (χ1n) is 6.13. The lowest BCUT2D eigenvalue weighted by Gasteiger charge is -2.16. The molecule has 0 bridgehead atoms. The molecule has 0 amide bonds. The van der Waals surface area contributed by atoms with Crippen molar-refractivity contribution in [3.05, 3.63) is 41.7 Å². The lowest BCUT2D eigenvalue weighted by Crippen LogP contribution is -2.25. The predicted molar refractivity (Wildman–Crippen MR) is 74.5 cm³/mol. The van der Waals surface area contributed by atoms with Gasteiger partial charge in [0.05, 0.1) is 5.69 Å². The molecule has 0 fully saturated rings. The lowest BCUT2D eigenvalue weighted by atomic mass is 10.1. The second-order valence-electron chi connectivity index (χ2n) is 4.45. The van der Waals surface area contributed by atoms with Crippen LogP contribution in [0.25, 0.3) is 11.3 Å². The highest BCUT2D eigenvalue weighted by Crippen LogP contribution is 2.20. The lowest BCUT2D eigenvalue weighted by molar-refractivity contribution is 0.618. The van der Waals surface area contributed by atoms with Gasteiger partial charge < -0.3 is 10.6 Å².